The fourth-order valence-corrected chi connectivity index (χ4v) is 2.03. The zero-order chi connectivity index (χ0) is 13.7. The van der Waals surface area contributed by atoms with Crippen molar-refractivity contribution < 1.29 is 9.47 Å². The number of methoxy groups -OCH3 is 2. The Labute approximate surface area is 112 Å². The molecule has 0 aliphatic rings. The molecule has 0 aliphatic carbocycles. The van der Waals surface area contributed by atoms with Gasteiger partial charge in [-0.25, -0.2) is 4.98 Å². The molecule has 0 aliphatic heterocycles. The maximum absolute atomic E-state index is 5.49. The fraction of sp³-hybridized carbons (Fsp3) is 0.357. The molecule has 1 heterocycles. The van der Waals surface area contributed by atoms with Gasteiger partial charge in [0.05, 0.1) is 14.2 Å². The zero-order valence-corrected chi connectivity index (χ0v) is 11.3. The van der Waals surface area contributed by atoms with E-state index in [0.717, 1.165) is 35.3 Å². The number of aromatic nitrogens is 1. The van der Waals surface area contributed by atoms with Crippen LogP contribution in [-0.2, 0) is 0 Å². The van der Waals surface area contributed by atoms with Crippen LogP contribution in [-0.4, -0.2) is 32.3 Å². The van der Waals surface area contributed by atoms with Crippen LogP contribution in [0.15, 0.2) is 24.4 Å². The first-order valence-electron chi connectivity index (χ1n) is 6.25. The maximum atomic E-state index is 5.49. The largest absolute Gasteiger partial charge is 0.493 e. The molecule has 2 aromatic rings. The number of anilines is 1. The van der Waals surface area contributed by atoms with Crippen molar-refractivity contribution >= 4 is 16.6 Å². The van der Waals surface area contributed by atoms with Gasteiger partial charge in [-0.2, -0.15) is 0 Å². The van der Waals surface area contributed by atoms with Crippen LogP contribution in [0.1, 0.15) is 6.42 Å². The van der Waals surface area contributed by atoms with Crippen molar-refractivity contribution in [3.8, 4) is 11.5 Å². The summed E-state index contributed by atoms with van der Waals surface area (Å²) in [4.78, 5) is 4.36. The second-order valence-electron chi connectivity index (χ2n) is 4.12. The van der Waals surface area contributed by atoms with Gasteiger partial charge in [-0.3, -0.25) is 0 Å². The number of nitrogens with one attached hydrogen (secondary N) is 1. The molecule has 1 aromatic heterocycles. The van der Waals surface area contributed by atoms with Crippen LogP contribution in [0.5, 0.6) is 11.5 Å². The van der Waals surface area contributed by atoms with E-state index in [9.17, 15) is 0 Å². The lowest BCUT2D eigenvalue weighted by Gasteiger charge is -2.13. The van der Waals surface area contributed by atoms with E-state index in [-0.39, 0.29) is 0 Å². The quantitative estimate of drug-likeness (QED) is 0.778. The third-order valence-corrected chi connectivity index (χ3v) is 2.96. The lowest BCUT2D eigenvalue weighted by Crippen LogP contribution is -2.09. The number of pyridine rings is 1. The van der Waals surface area contributed by atoms with Crippen LogP contribution in [0.4, 0.5) is 5.82 Å². The number of hydrogen-bond acceptors (Lipinski definition) is 5. The summed E-state index contributed by atoms with van der Waals surface area (Å²) in [6, 6.07) is 5.79. The van der Waals surface area contributed by atoms with Crippen LogP contribution >= 0.6 is 0 Å². The second kappa shape index (κ2) is 6.24. The molecular formula is C14H19N3O2. The summed E-state index contributed by atoms with van der Waals surface area (Å²) in [6.07, 6.45) is 2.67. The average Bonchev–Trinajstić information content (AvgIpc) is 2.46. The van der Waals surface area contributed by atoms with E-state index in [1.165, 1.54) is 0 Å². The topological polar surface area (TPSA) is 69.4 Å². The van der Waals surface area contributed by atoms with Crippen molar-refractivity contribution in [3.05, 3.63) is 24.4 Å². The molecule has 0 saturated carbocycles. The summed E-state index contributed by atoms with van der Waals surface area (Å²) < 4.78 is 10.7. The van der Waals surface area contributed by atoms with E-state index in [0.29, 0.717) is 12.3 Å². The first kappa shape index (κ1) is 13.4. The SMILES string of the molecule is COc1ccc2c(NCCCN)nccc2c1OC. The van der Waals surface area contributed by atoms with Crippen LogP contribution in [0.2, 0.25) is 0 Å². The molecule has 0 amide bonds. The van der Waals surface area contributed by atoms with Gasteiger partial charge in [0, 0.05) is 23.5 Å². The maximum Gasteiger partial charge on any atom is 0.168 e. The Morgan fingerprint density at radius 3 is 2.68 bits per heavy atom. The first-order chi connectivity index (χ1) is 9.31. The highest BCUT2D eigenvalue weighted by Gasteiger charge is 2.11. The van der Waals surface area contributed by atoms with Crippen LogP contribution in [0, 0.1) is 0 Å². The monoisotopic (exact) mass is 261 g/mol. The molecule has 3 N–H and O–H groups in total. The van der Waals surface area contributed by atoms with Crippen LogP contribution in [0.25, 0.3) is 10.8 Å². The van der Waals surface area contributed by atoms with Crippen molar-refractivity contribution in [3.63, 3.8) is 0 Å². The molecule has 0 spiro atoms. The summed E-state index contributed by atoms with van der Waals surface area (Å²) in [5.41, 5.74) is 5.49. The predicted octanol–water partition coefficient (Wildman–Crippen LogP) is 2.01. The van der Waals surface area contributed by atoms with E-state index in [1.807, 2.05) is 18.2 Å². The van der Waals surface area contributed by atoms with Gasteiger partial charge < -0.3 is 20.5 Å². The molecule has 0 bridgehead atoms. The van der Waals surface area contributed by atoms with Crippen LogP contribution < -0.4 is 20.5 Å². The average molecular weight is 261 g/mol. The number of fused-ring (bicyclic) bond motifs is 1. The van der Waals surface area contributed by atoms with Gasteiger partial charge in [0.25, 0.3) is 0 Å². The Bertz CT molecular complexity index is 558. The number of ether oxygens (including phenoxy) is 2. The second-order valence-corrected chi connectivity index (χ2v) is 4.12. The summed E-state index contributed by atoms with van der Waals surface area (Å²) in [7, 11) is 3.27. The minimum atomic E-state index is 0.662. The van der Waals surface area contributed by atoms with E-state index in [1.54, 1.807) is 20.4 Å². The predicted molar refractivity (Wildman–Crippen MR) is 77.0 cm³/mol. The normalized spacial score (nSPS) is 10.5. The molecule has 0 saturated heterocycles. The Morgan fingerprint density at radius 2 is 2.00 bits per heavy atom. The van der Waals surface area contributed by atoms with Crippen molar-refractivity contribution in [1.82, 2.24) is 4.98 Å². The highest BCUT2D eigenvalue weighted by Crippen LogP contribution is 2.37. The standard InChI is InChI=1S/C14H19N3O2/c1-18-12-5-4-11-10(13(12)19-2)6-9-17-14(11)16-8-3-7-15/h4-6,9H,3,7-8,15H2,1-2H3,(H,16,17). The van der Waals surface area contributed by atoms with Crippen molar-refractivity contribution in [1.29, 1.82) is 0 Å². The van der Waals surface area contributed by atoms with E-state index < -0.39 is 0 Å². The third kappa shape index (κ3) is 2.71. The highest BCUT2D eigenvalue weighted by atomic mass is 16.5. The number of benzene rings is 1. The molecule has 0 atom stereocenters. The molecule has 0 radical (unpaired) electrons. The van der Waals surface area contributed by atoms with Crippen LogP contribution in [0.3, 0.4) is 0 Å². The summed E-state index contributed by atoms with van der Waals surface area (Å²) in [6.45, 7) is 1.46. The molecule has 102 valence electrons. The third-order valence-electron chi connectivity index (χ3n) is 2.96. The Balaban J connectivity index is 2.45. The minimum absolute atomic E-state index is 0.662. The molecule has 5 nitrogen and oxygen atoms in total. The number of nitrogens with zero attached hydrogens (tertiary/aromatic N) is 1. The Morgan fingerprint density at radius 1 is 1.16 bits per heavy atom. The number of rotatable bonds is 6. The molecule has 5 heteroatoms. The van der Waals surface area contributed by atoms with Crippen molar-refractivity contribution in [2.75, 3.05) is 32.6 Å². The van der Waals surface area contributed by atoms with Gasteiger partial charge in [0.2, 0.25) is 0 Å². The molecule has 19 heavy (non-hydrogen) atoms. The zero-order valence-electron chi connectivity index (χ0n) is 11.3. The van der Waals surface area contributed by atoms with Gasteiger partial charge in [-0.15, -0.1) is 0 Å². The molecule has 0 unspecified atom stereocenters. The van der Waals surface area contributed by atoms with E-state index >= 15 is 0 Å². The van der Waals surface area contributed by atoms with Gasteiger partial charge in [0.15, 0.2) is 11.5 Å². The Kier molecular flexibility index (Phi) is 4.41. The first-order valence-corrected chi connectivity index (χ1v) is 6.25. The van der Waals surface area contributed by atoms with Gasteiger partial charge in [-0.1, -0.05) is 0 Å². The molecular weight excluding hydrogens is 242 g/mol. The number of nitrogens with two attached hydrogens (primary N) is 1. The van der Waals surface area contributed by atoms with Gasteiger partial charge in [-0.05, 0) is 31.2 Å². The summed E-state index contributed by atoms with van der Waals surface area (Å²) in [5, 5.41) is 5.28. The summed E-state index contributed by atoms with van der Waals surface area (Å²) >= 11 is 0. The Hall–Kier alpha value is -2.01. The van der Waals surface area contributed by atoms with Gasteiger partial charge in [0.1, 0.15) is 5.82 Å². The summed E-state index contributed by atoms with van der Waals surface area (Å²) in [5.74, 6) is 2.28. The molecule has 1 aromatic carbocycles. The number of hydrogen-bond donors (Lipinski definition) is 2. The smallest absolute Gasteiger partial charge is 0.168 e. The highest BCUT2D eigenvalue weighted by molar-refractivity contribution is 5.97. The van der Waals surface area contributed by atoms with E-state index in [2.05, 4.69) is 10.3 Å². The minimum Gasteiger partial charge on any atom is -0.493 e. The molecule has 2 rings (SSSR count). The van der Waals surface area contributed by atoms with E-state index in [4.69, 9.17) is 15.2 Å². The van der Waals surface area contributed by atoms with Gasteiger partial charge >= 0.3 is 0 Å². The lowest BCUT2D eigenvalue weighted by molar-refractivity contribution is 0.358. The van der Waals surface area contributed by atoms with Crippen molar-refractivity contribution in [2.24, 2.45) is 5.73 Å². The lowest BCUT2D eigenvalue weighted by atomic mass is 10.1. The van der Waals surface area contributed by atoms with Crippen molar-refractivity contribution in [2.45, 2.75) is 6.42 Å². The molecule has 0 fully saturated rings. The fourth-order valence-electron chi connectivity index (χ4n) is 2.03.